The summed E-state index contributed by atoms with van der Waals surface area (Å²) in [6.07, 6.45) is -1.06. The molecule has 0 N–H and O–H groups in total. The van der Waals surface area contributed by atoms with E-state index in [2.05, 4.69) is 9.47 Å². The third-order valence-electron chi connectivity index (χ3n) is 1.28. The number of Topliss-reactive ketones (excluding diaryl/α,β-unsaturated/α-hetero) is 2. The molecule has 17 heavy (non-hydrogen) atoms. The van der Waals surface area contributed by atoms with Crippen molar-refractivity contribution in [3.8, 4) is 0 Å². The Morgan fingerprint density at radius 1 is 0.706 bits per heavy atom. The summed E-state index contributed by atoms with van der Waals surface area (Å²) in [5, 5.41) is 0. The monoisotopic (exact) mass is 244 g/mol. The van der Waals surface area contributed by atoms with Crippen molar-refractivity contribution in [3.63, 3.8) is 0 Å². The fourth-order valence-electron chi connectivity index (χ4n) is 0.541. The molecule has 0 aliphatic rings. The van der Waals surface area contributed by atoms with Crippen LogP contribution < -0.4 is 0 Å². The molecule has 8 nitrogen and oxygen atoms in total. The molecular formula is C9H8O8. The fraction of sp³-hybridized carbons (Fsp3) is 0.333. The maximum Gasteiger partial charge on any atom is 0.381 e. The molecule has 0 aliphatic carbocycles. The molecule has 0 unspecified atom stereocenters. The molecule has 0 atom stereocenters. The van der Waals surface area contributed by atoms with Crippen LogP contribution in [0.4, 0.5) is 0 Å². The number of hydrogen-bond donors (Lipinski definition) is 0. The van der Waals surface area contributed by atoms with Crippen LogP contribution in [0.2, 0.25) is 0 Å². The highest BCUT2D eigenvalue weighted by Crippen LogP contribution is 1.93. The Bertz CT molecular complexity index is 367. The highest BCUT2D eigenvalue weighted by Gasteiger charge is 2.21. The van der Waals surface area contributed by atoms with Gasteiger partial charge in [-0.3, -0.25) is 19.2 Å². The molecule has 8 heteroatoms. The van der Waals surface area contributed by atoms with E-state index in [1.165, 1.54) is 0 Å². The number of carbonyl (C=O) groups excluding carboxylic acids is 6. The van der Waals surface area contributed by atoms with Gasteiger partial charge in [-0.15, -0.1) is 0 Å². The highest BCUT2D eigenvalue weighted by molar-refractivity contribution is 6.35. The Morgan fingerprint density at radius 3 is 1.24 bits per heavy atom. The number of carbonyl (C=O) groups is 6. The van der Waals surface area contributed by atoms with E-state index in [0.717, 1.165) is 13.8 Å². The second-order valence-corrected chi connectivity index (χ2v) is 2.81. The first-order valence-electron chi connectivity index (χ1n) is 4.25. The SMILES string of the molecule is CC(=O)C(=O)OC(=O)CC(=O)OC(=O)C(C)=O. The molecule has 0 bridgehead atoms. The van der Waals surface area contributed by atoms with Gasteiger partial charge in [0.15, 0.2) is 0 Å². The van der Waals surface area contributed by atoms with Gasteiger partial charge in [0.25, 0.3) is 0 Å². The summed E-state index contributed by atoms with van der Waals surface area (Å²) in [5.74, 6) is -7.61. The largest absolute Gasteiger partial charge is 0.387 e. The van der Waals surface area contributed by atoms with Crippen molar-refractivity contribution >= 4 is 35.4 Å². The molecule has 0 saturated carbocycles. The molecule has 0 aliphatic heterocycles. The molecule has 0 spiro atoms. The summed E-state index contributed by atoms with van der Waals surface area (Å²) >= 11 is 0. The summed E-state index contributed by atoms with van der Waals surface area (Å²) in [6, 6.07) is 0. The van der Waals surface area contributed by atoms with Crippen molar-refractivity contribution in [1.29, 1.82) is 0 Å². The Kier molecular flexibility index (Phi) is 5.38. The maximum absolute atomic E-state index is 10.8. The molecule has 0 aromatic heterocycles. The van der Waals surface area contributed by atoms with Crippen molar-refractivity contribution in [1.82, 2.24) is 0 Å². The van der Waals surface area contributed by atoms with Crippen LogP contribution in [0.5, 0.6) is 0 Å². The van der Waals surface area contributed by atoms with Gasteiger partial charge in [-0.2, -0.15) is 0 Å². The van der Waals surface area contributed by atoms with Crippen LogP contribution in [0.25, 0.3) is 0 Å². The summed E-state index contributed by atoms with van der Waals surface area (Å²) in [7, 11) is 0. The zero-order valence-corrected chi connectivity index (χ0v) is 8.97. The second kappa shape index (κ2) is 6.26. The zero-order valence-electron chi connectivity index (χ0n) is 8.97. The molecule has 0 aromatic carbocycles. The normalized spacial score (nSPS) is 9.06. The van der Waals surface area contributed by atoms with E-state index < -0.39 is 41.9 Å². The van der Waals surface area contributed by atoms with Crippen LogP contribution in [-0.4, -0.2) is 35.4 Å². The standard InChI is InChI=1S/C9H8O8/c1-4(10)8(14)16-6(12)3-7(13)17-9(15)5(2)11/h3H2,1-2H3. The number of esters is 4. The predicted octanol–water partition coefficient (Wildman–Crippen LogP) is -1.31. The van der Waals surface area contributed by atoms with Crippen molar-refractivity contribution in [3.05, 3.63) is 0 Å². The Balaban J connectivity index is 4.18. The van der Waals surface area contributed by atoms with Crippen molar-refractivity contribution in [2.45, 2.75) is 20.3 Å². The molecule has 0 heterocycles. The third-order valence-corrected chi connectivity index (χ3v) is 1.28. The van der Waals surface area contributed by atoms with E-state index in [9.17, 15) is 28.8 Å². The first-order valence-corrected chi connectivity index (χ1v) is 4.25. The van der Waals surface area contributed by atoms with Crippen LogP contribution in [0.15, 0.2) is 0 Å². The highest BCUT2D eigenvalue weighted by atomic mass is 16.6. The lowest BCUT2D eigenvalue weighted by Gasteiger charge is -2.00. The molecular weight excluding hydrogens is 236 g/mol. The van der Waals surface area contributed by atoms with Crippen LogP contribution in [0, 0.1) is 0 Å². The van der Waals surface area contributed by atoms with Gasteiger partial charge < -0.3 is 9.47 Å². The maximum atomic E-state index is 10.8. The Labute approximate surface area is 94.9 Å². The van der Waals surface area contributed by atoms with Crippen molar-refractivity contribution in [2.75, 3.05) is 0 Å². The lowest BCUT2D eigenvalue weighted by Crippen LogP contribution is -2.24. The quantitative estimate of drug-likeness (QED) is 0.339. The molecule has 92 valence electrons. The van der Waals surface area contributed by atoms with Gasteiger partial charge >= 0.3 is 23.9 Å². The topological polar surface area (TPSA) is 121 Å². The lowest BCUT2D eigenvalue weighted by molar-refractivity contribution is -0.169. The third kappa shape index (κ3) is 5.92. The molecule has 0 radical (unpaired) electrons. The van der Waals surface area contributed by atoms with E-state index >= 15 is 0 Å². The molecule has 0 amide bonds. The molecule has 0 rings (SSSR count). The average molecular weight is 244 g/mol. The van der Waals surface area contributed by atoms with Crippen molar-refractivity contribution < 1.29 is 38.2 Å². The predicted molar refractivity (Wildman–Crippen MR) is 48.2 cm³/mol. The molecule has 0 aromatic rings. The molecule has 0 fully saturated rings. The van der Waals surface area contributed by atoms with E-state index in [-0.39, 0.29) is 0 Å². The minimum Gasteiger partial charge on any atom is -0.387 e. The number of hydrogen-bond acceptors (Lipinski definition) is 8. The van der Waals surface area contributed by atoms with Crippen molar-refractivity contribution in [2.24, 2.45) is 0 Å². The van der Waals surface area contributed by atoms with Gasteiger partial charge in [0.1, 0.15) is 6.42 Å². The number of ether oxygens (including phenoxy) is 2. The van der Waals surface area contributed by atoms with Gasteiger partial charge in [-0.05, 0) is 0 Å². The number of ketones is 2. The van der Waals surface area contributed by atoms with Gasteiger partial charge in [-0.1, -0.05) is 0 Å². The Hall–Kier alpha value is -2.38. The van der Waals surface area contributed by atoms with E-state index in [4.69, 9.17) is 0 Å². The summed E-state index contributed by atoms with van der Waals surface area (Å²) in [5.41, 5.74) is 0. The minimum absolute atomic E-state index is 0.868. The molecule has 0 saturated heterocycles. The fourth-order valence-corrected chi connectivity index (χ4v) is 0.541. The van der Waals surface area contributed by atoms with Gasteiger partial charge in [0.2, 0.25) is 11.6 Å². The van der Waals surface area contributed by atoms with Crippen LogP contribution in [-0.2, 0) is 38.2 Å². The zero-order chi connectivity index (χ0) is 13.6. The summed E-state index contributed by atoms with van der Waals surface area (Å²) in [4.78, 5) is 63.6. The number of rotatable bonds is 4. The van der Waals surface area contributed by atoms with Gasteiger partial charge in [0, 0.05) is 13.8 Å². The van der Waals surface area contributed by atoms with E-state index in [1.54, 1.807) is 0 Å². The van der Waals surface area contributed by atoms with Crippen LogP contribution >= 0.6 is 0 Å². The van der Waals surface area contributed by atoms with E-state index in [0.29, 0.717) is 0 Å². The summed E-state index contributed by atoms with van der Waals surface area (Å²) < 4.78 is 7.80. The van der Waals surface area contributed by atoms with Crippen LogP contribution in [0.1, 0.15) is 20.3 Å². The second-order valence-electron chi connectivity index (χ2n) is 2.81. The lowest BCUT2D eigenvalue weighted by atomic mass is 10.4. The summed E-state index contributed by atoms with van der Waals surface area (Å²) in [6.45, 7) is 1.74. The smallest absolute Gasteiger partial charge is 0.381 e. The Morgan fingerprint density at radius 2 is 1.00 bits per heavy atom. The van der Waals surface area contributed by atoms with E-state index in [1.807, 2.05) is 0 Å². The first-order chi connectivity index (χ1) is 7.73. The van der Waals surface area contributed by atoms with Gasteiger partial charge in [0.05, 0.1) is 0 Å². The van der Waals surface area contributed by atoms with Crippen LogP contribution in [0.3, 0.4) is 0 Å². The van der Waals surface area contributed by atoms with Gasteiger partial charge in [-0.25, -0.2) is 9.59 Å². The first kappa shape index (κ1) is 14.6. The average Bonchev–Trinajstić information content (AvgIpc) is 2.16. The minimum atomic E-state index is -1.43.